The molecule has 0 spiro atoms. The van der Waals surface area contributed by atoms with Gasteiger partial charge in [0.15, 0.2) is 0 Å². The zero-order valence-corrected chi connectivity index (χ0v) is 10.4. The van der Waals surface area contributed by atoms with Gasteiger partial charge in [-0.25, -0.2) is 4.79 Å². The molecule has 7 heteroatoms. The van der Waals surface area contributed by atoms with Crippen LogP contribution in [0.1, 0.15) is 17.3 Å². The second kappa shape index (κ2) is 5.36. The van der Waals surface area contributed by atoms with Crippen LogP contribution in [0, 0.1) is 0 Å². The molecule has 106 valence electrons. The molecule has 0 N–H and O–H groups in total. The van der Waals surface area contributed by atoms with Crippen molar-refractivity contribution in [1.29, 1.82) is 0 Å². The quantitative estimate of drug-likeness (QED) is 0.812. The van der Waals surface area contributed by atoms with Crippen LogP contribution in [-0.4, -0.2) is 23.9 Å². The number of hydrogen-bond donors (Lipinski definition) is 0. The molecule has 20 heavy (non-hydrogen) atoms. The zero-order chi connectivity index (χ0) is 14.8. The number of benzene rings is 1. The number of carbonyl (C=O) groups is 1. The molecule has 1 aromatic heterocycles. The summed E-state index contributed by atoms with van der Waals surface area (Å²) >= 11 is 0. The van der Waals surface area contributed by atoms with Crippen molar-refractivity contribution < 1.29 is 27.4 Å². The van der Waals surface area contributed by atoms with Crippen molar-refractivity contribution >= 4 is 16.9 Å². The van der Waals surface area contributed by atoms with E-state index in [1.54, 1.807) is 6.92 Å². The standard InChI is InChI=1S/C13H10F3NO3/c1-2-19-12(18)9-5-8-3-4-10(20-13(14,15)16)6-11(8)17-7-9/h3-7H,2H2,1H3. The number of pyridine rings is 1. The lowest BCUT2D eigenvalue weighted by molar-refractivity contribution is -0.274. The van der Waals surface area contributed by atoms with Gasteiger partial charge >= 0.3 is 12.3 Å². The van der Waals surface area contributed by atoms with E-state index in [2.05, 4.69) is 9.72 Å². The first kappa shape index (κ1) is 14.1. The molecular weight excluding hydrogens is 275 g/mol. The average Bonchev–Trinajstić information content (AvgIpc) is 2.36. The highest BCUT2D eigenvalue weighted by atomic mass is 19.4. The largest absolute Gasteiger partial charge is 0.573 e. The molecule has 1 aromatic carbocycles. The number of halogens is 3. The fraction of sp³-hybridized carbons (Fsp3) is 0.231. The second-order valence-corrected chi connectivity index (χ2v) is 3.85. The summed E-state index contributed by atoms with van der Waals surface area (Å²) in [4.78, 5) is 15.4. The zero-order valence-electron chi connectivity index (χ0n) is 10.4. The smallest absolute Gasteiger partial charge is 0.462 e. The van der Waals surface area contributed by atoms with Crippen LogP contribution in [0.3, 0.4) is 0 Å². The summed E-state index contributed by atoms with van der Waals surface area (Å²) in [5.74, 6) is -0.890. The Balaban J connectivity index is 2.32. The van der Waals surface area contributed by atoms with Gasteiger partial charge in [-0.2, -0.15) is 0 Å². The minimum atomic E-state index is -4.75. The monoisotopic (exact) mass is 285 g/mol. The van der Waals surface area contributed by atoms with E-state index in [1.165, 1.54) is 18.3 Å². The van der Waals surface area contributed by atoms with Gasteiger partial charge < -0.3 is 9.47 Å². The molecule has 4 nitrogen and oxygen atoms in total. The van der Waals surface area contributed by atoms with Gasteiger partial charge in [0.2, 0.25) is 0 Å². The first-order valence-electron chi connectivity index (χ1n) is 5.72. The van der Waals surface area contributed by atoms with E-state index >= 15 is 0 Å². The highest BCUT2D eigenvalue weighted by molar-refractivity contribution is 5.93. The molecule has 0 bridgehead atoms. The van der Waals surface area contributed by atoms with E-state index in [1.807, 2.05) is 0 Å². The number of ether oxygens (including phenoxy) is 2. The molecule has 0 radical (unpaired) electrons. The molecule has 2 rings (SSSR count). The van der Waals surface area contributed by atoms with Crippen molar-refractivity contribution in [2.24, 2.45) is 0 Å². The van der Waals surface area contributed by atoms with Crippen molar-refractivity contribution in [3.8, 4) is 5.75 Å². The maximum absolute atomic E-state index is 12.1. The van der Waals surface area contributed by atoms with Crippen molar-refractivity contribution in [3.63, 3.8) is 0 Å². The van der Waals surface area contributed by atoms with E-state index in [0.29, 0.717) is 10.9 Å². The summed E-state index contributed by atoms with van der Waals surface area (Å²) in [6.07, 6.45) is -3.50. The molecule has 2 aromatic rings. The third kappa shape index (κ3) is 3.37. The Morgan fingerprint density at radius 1 is 1.30 bits per heavy atom. The van der Waals surface area contributed by atoms with Crippen molar-refractivity contribution in [2.45, 2.75) is 13.3 Å². The number of rotatable bonds is 3. The third-order valence-corrected chi connectivity index (χ3v) is 2.40. The number of fused-ring (bicyclic) bond motifs is 1. The van der Waals surface area contributed by atoms with Gasteiger partial charge in [0.1, 0.15) is 5.75 Å². The normalized spacial score (nSPS) is 11.4. The lowest BCUT2D eigenvalue weighted by Crippen LogP contribution is -2.17. The minimum Gasteiger partial charge on any atom is -0.462 e. The predicted molar refractivity (Wildman–Crippen MR) is 64.4 cm³/mol. The first-order chi connectivity index (χ1) is 9.39. The van der Waals surface area contributed by atoms with Crippen LogP contribution >= 0.6 is 0 Å². The van der Waals surface area contributed by atoms with Crippen LogP contribution in [0.25, 0.3) is 10.9 Å². The molecule has 0 aliphatic heterocycles. The maximum atomic E-state index is 12.1. The first-order valence-corrected chi connectivity index (χ1v) is 5.72. The minimum absolute atomic E-state index is 0.231. The van der Waals surface area contributed by atoms with Crippen LogP contribution < -0.4 is 4.74 Å². The van der Waals surface area contributed by atoms with Gasteiger partial charge in [-0.1, -0.05) is 0 Å². The van der Waals surface area contributed by atoms with Gasteiger partial charge in [0.05, 0.1) is 17.7 Å². The second-order valence-electron chi connectivity index (χ2n) is 3.85. The van der Waals surface area contributed by atoms with Crippen LogP contribution in [0.15, 0.2) is 30.5 Å². The molecular formula is C13H10F3NO3. The van der Waals surface area contributed by atoms with E-state index in [9.17, 15) is 18.0 Å². The number of alkyl halides is 3. The Labute approximate surface area is 112 Å². The molecule has 0 unspecified atom stereocenters. The topological polar surface area (TPSA) is 48.4 Å². The highest BCUT2D eigenvalue weighted by Gasteiger charge is 2.31. The number of carbonyl (C=O) groups excluding carboxylic acids is 1. The molecule has 0 fully saturated rings. The molecule has 0 saturated heterocycles. The van der Waals surface area contributed by atoms with Crippen molar-refractivity contribution in [2.75, 3.05) is 6.61 Å². The summed E-state index contributed by atoms with van der Waals surface area (Å²) in [6, 6.07) is 5.20. The van der Waals surface area contributed by atoms with E-state index in [4.69, 9.17) is 4.74 Å². The maximum Gasteiger partial charge on any atom is 0.573 e. The number of esters is 1. The number of nitrogens with zero attached hydrogens (tertiary/aromatic N) is 1. The highest BCUT2D eigenvalue weighted by Crippen LogP contribution is 2.26. The van der Waals surface area contributed by atoms with Gasteiger partial charge in [-0.3, -0.25) is 4.98 Å². The van der Waals surface area contributed by atoms with E-state index < -0.39 is 12.3 Å². The number of aromatic nitrogens is 1. The SMILES string of the molecule is CCOC(=O)c1cnc2cc(OC(F)(F)F)ccc2c1. The summed E-state index contributed by atoms with van der Waals surface area (Å²) in [7, 11) is 0. The van der Waals surface area contributed by atoms with Crippen LogP contribution in [0.2, 0.25) is 0 Å². The molecule has 1 heterocycles. The van der Waals surface area contributed by atoms with Crippen LogP contribution in [0.4, 0.5) is 13.2 Å². The number of hydrogen-bond acceptors (Lipinski definition) is 4. The van der Waals surface area contributed by atoms with Crippen molar-refractivity contribution in [3.05, 3.63) is 36.0 Å². The Morgan fingerprint density at radius 3 is 2.70 bits per heavy atom. The lowest BCUT2D eigenvalue weighted by atomic mass is 10.1. The van der Waals surface area contributed by atoms with Crippen molar-refractivity contribution in [1.82, 2.24) is 4.98 Å². The Bertz CT molecular complexity index is 640. The Hall–Kier alpha value is -2.31. The Morgan fingerprint density at radius 2 is 2.05 bits per heavy atom. The fourth-order valence-corrected chi connectivity index (χ4v) is 1.62. The molecule has 0 atom stereocenters. The van der Waals surface area contributed by atoms with Crippen LogP contribution in [0.5, 0.6) is 5.75 Å². The summed E-state index contributed by atoms with van der Waals surface area (Å²) < 4.78 is 44.9. The fourth-order valence-electron chi connectivity index (χ4n) is 1.62. The predicted octanol–water partition coefficient (Wildman–Crippen LogP) is 3.31. The van der Waals surface area contributed by atoms with Gasteiger partial charge in [-0.05, 0) is 25.1 Å². The van der Waals surface area contributed by atoms with Gasteiger partial charge in [0.25, 0.3) is 0 Å². The summed E-state index contributed by atoms with van der Waals surface area (Å²) in [5, 5.41) is 0.519. The summed E-state index contributed by atoms with van der Waals surface area (Å²) in [5.41, 5.74) is 0.531. The molecule has 0 aliphatic rings. The van der Waals surface area contributed by atoms with Crippen LogP contribution in [-0.2, 0) is 4.74 Å². The average molecular weight is 285 g/mol. The molecule has 0 saturated carbocycles. The van der Waals surface area contributed by atoms with E-state index in [0.717, 1.165) is 12.1 Å². The van der Waals surface area contributed by atoms with Gasteiger partial charge in [0, 0.05) is 17.6 Å². The third-order valence-electron chi connectivity index (χ3n) is 2.40. The summed E-state index contributed by atoms with van der Waals surface area (Å²) in [6.45, 7) is 1.91. The van der Waals surface area contributed by atoms with Gasteiger partial charge in [-0.15, -0.1) is 13.2 Å². The lowest BCUT2D eigenvalue weighted by Gasteiger charge is -2.09. The molecule has 0 amide bonds. The molecule has 0 aliphatic carbocycles. The van der Waals surface area contributed by atoms with E-state index in [-0.39, 0.29) is 17.9 Å². The Kier molecular flexibility index (Phi) is 3.78.